The van der Waals surface area contributed by atoms with Crippen LogP contribution < -0.4 is 4.89 Å². The maximum Gasteiger partial charge on any atom is 0.306 e. The van der Waals surface area contributed by atoms with E-state index in [9.17, 15) is 19.0 Å². The van der Waals surface area contributed by atoms with Crippen LogP contribution in [0.2, 0.25) is 0 Å². The van der Waals surface area contributed by atoms with Crippen molar-refractivity contribution < 1.29 is 42.1 Å². The fourth-order valence-corrected chi connectivity index (χ4v) is 8.33. The number of unbranched alkanes of at least 4 members (excludes halogenated alkanes) is 34. The van der Waals surface area contributed by atoms with Crippen molar-refractivity contribution in [3.63, 3.8) is 0 Å². The van der Waals surface area contributed by atoms with Gasteiger partial charge in [0, 0.05) is 12.8 Å². The average molecular weight is 874 g/mol. The summed E-state index contributed by atoms with van der Waals surface area (Å²) in [6.07, 6.45) is 45.6. The minimum absolute atomic E-state index is 0.0253. The van der Waals surface area contributed by atoms with Crippen molar-refractivity contribution in [3.8, 4) is 0 Å². The number of nitrogens with zero attached hydrogens (tertiary/aromatic N) is 1. The monoisotopic (exact) mass is 874 g/mol. The van der Waals surface area contributed by atoms with Gasteiger partial charge in [-0.3, -0.25) is 14.2 Å². The number of phosphoric acid groups is 1. The Labute approximate surface area is 372 Å². The number of hydrogen-bond acceptors (Lipinski definition) is 8. The molecule has 358 valence electrons. The first-order valence-corrected chi connectivity index (χ1v) is 27.2. The van der Waals surface area contributed by atoms with Gasteiger partial charge in [-0.1, -0.05) is 232 Å². The first-order chi connectivity index (χ1) is 29.0. The highest BCUT2D eigenvalue weighted by Gasteiger charge is 2.21. The maximum atomic E-state index is 12.7. The second-order valence-electron chi connectivity index (χ2n) is 18.9. The van der Waals surface area contributed by atoms with Crippen LogP contribution in [0.1, 0.15) is 258 Å². The predicted octanol–water partition coefficient (Wildman–Crippen LogP) is 14.5. The summed E-state index contributed by atoms with van der Waals surface area (Å²) in [4.78, 5) is 37.7. The van der Waals surface area contributed by atoms with E-state index in [1.807, 2.05) is 21.1 Å². The zero-order valence-corrected chi connectivity index (χ0v) is 41.3. The summed E-state index contributed by atoms with van der Waals surface area (Å²) >= 11 is 0. The molecule has 10 heteroatoms. The van der Waals surface area contributed by atoms with Gasteiger partial charge in [-0.2, -0.15) is 0 Å². The molecular formula is C50H100NO8P. The van der Waals surface area contributed by atoms with E-state index >= 15 is 0 Å². The fourth-order valence-electron chi connectivity index (χ4n) is 7.60. The van der Waals surface area contributed by atoms with Crippen LogP contribution in [0.15, 0.2) is 0 Å². The van der Waals surface area contributed by atoms with Crippen LogP contribution in [0, 0.1) is 0 Å². The summed E-state index contributed by atoms with van der Waals surface area (Å²) in [5.41, 5.74) is 0. The highest BCUT2D eigenvalue weighted by Crippen LogP contribution is 2.38. The maximum absolute atomic E-state index is 12.7. The molecule has 0 amide bonds. The molecular weight excluding hydrogens is 774 g/mol. The van der Waals surface area contributed by atoms with Crippen molar-refractivity contribution in [1.29, 1.82) is 0 Å². The zero-order chi connectivity index (χ0) is 44.3. The number of hydrogen-bond donors (Lipinski definition) is 0. The molecule has 0 N–H and O–H groups in total. The Morgan fingerprint density at radius 3 is 1.07 bits per heavy atom. The topological polar surface area (TPSA) is 111 Å². The Kier molecular flexibility index (Phi) is 42.6. The third-order valence-corrected chi connectivity index (χ3v) is 12.6. The molecule has 0 aromatic rings. The Morgan fingerprint density at radius 2 is 0.750 bits per heavy atom. The molecule has 0 spiro atoms. The number of carbonyl (C=O) groups is 2. The van der Waals surface area contributed by atoms with Crippen molar-refractivity contribution in [1.82, 2.24) is 0 Å². The molecule has 9 nitrogen and oxygen atoms in total. The first kappa shape index (κ1) is 59.0. The van der Waals surface area contributed by atoms with E-state index in [0.717, 1.165) is 32.1 Å². The molecule has 0 aliphatic heterocycles. The van der Waals surface area contributed by atoms with E-state index in [2.05, 4.69) is 13.8 Å². The largest absolute Gasteiger partial charge is 0.756 e. The van der Waals surface area contributed by atoms with Crippen molar-refractivity contribution >= 4 is 19.8 Å². The number of esters is 2. The third kappa shape index (κ3) is 46.5. The number of quaternary nitrogens is 1. The molecule has 0 bridgehead atoms. The average Bonchev–Trinajstić information content (AvgIpc) is 3.20. The van der Waals surface area contributed by atoms with E-state index in [0.29, 0.717) is 17.4 Å². The molecule has 0 aromatic heterocycles. The molecule has 60 heavy (non-hydrogen) atoms. The van der Waals surface area contributed by atoms with Gasteiger partial charge in [0.2, 0.25) is 0 Å². The normalized spacial score (nSPS) is 13.4. The van der Waals surface area contributed by atoms with E-state index in [4.69, 9.17) is 18.5 Å². The lowest BCUT2D eigenvalue weighted by atomic mass is 10.0. The molecule has 0 radical (unpaired) electrons. The van der Waals surface area contributed by atoms with Gasteiger partial charge in [0.25, 0.3) is 7.82 Å². The highest BCUT2D eigenvalue weighted by molar-refractivity contribution is 7.45. The lowest BCUT2D eigenvalue weighted by molar-refractivity contribution is -0.870. The number of carbonyl (C=O) groups excluding carboxylic acids is 2. The second kappa shape index (κ2) is 43.3. The SMILES string of the molecule is CCCCCCCCCCCCCCCCCCCCCCC(=O)OCC(COP(=O)([O-])OCC[N+](C)(C)C)OC(=O)CCCCCCCCCCCCCCCCCC. The van der Waals surface area contributed by atoms with Gasteiger partial charge in [0.1, 0.15) is 19.8 Å². The van der Waals surface area contributed by atoms with E-state index in [1.165, 1.54) is 193 Å². The van der Waals surface area contributed by atoms with Crippen LogP contribution >= 0.6 is 7.82 Å². The van der Waals surface area contributed by atoms with E-state index in [-0.39, 0.29) is 32.0 Å². The lowest BCUT2D eigenvalue weighted by Crippen LogP contribution is -2.37. The number of rotatable bonds is 48. The number of phosphoric ester groups is 1. The van der Waals surface area contributed by atoms with Gasteiger partial charge in [0.15, 0.2) is 6.10 Å². The van der Waals surface area contributed by atoms with Crippen LogP contribution in [0.4, 0.5) is 0 Å². The smallest absolute Gasteiger partial charge is 0.306 e. The summed E-state index contributed by atoms with van der Waals surface area (Å²) in [6, 6.07) is 0. The first-order valence-electron chi connectivity index (χ1n) is 25.7. The van der Waals surface area contributed by atoms with E-state index < -0.39 is 26.5 Å². The van der Waals surface area contributed by atoms with Crippen molar-refractivity contribution in [2.24, 2.45) is 0 Å². The molecule has 0 aliphatic carbocycles. The minimum Gasteiger partial charge on any atom is -0.756 e. The molecule has 2 atom stereocenters. The number of ether oxygens (including phenoxy) is 2. The Bertz CT molecular complexity index is 990. The van der Waals surface area contributed by atoms with Gasteiger partial charge in [-0.15, -0.1) is 0 Å². The highest BCUT2D eigenvalue weighted by atomic mass is 31.2. The Balaban J connectivity index is 4.18. The molecule has 0 rings (SSSR count). The van der Waals surface area contributed by atoms with Crippen LogP contribution in [-0.2, 0) is 32.7 Å². The van der Waals surface area contributed by atoms with Crippen molar-refractivity contribution in [2.45, 2.75) is 264 Å². The Hall–Kier alpha value is -0.990. The van der Waals surface area contributed by atoms with Gasteiger partial charge in [0.05, 0.1) is 27.7 Å². The minimum atomic E-state index is -4.62. The summed E-state index contributed by atoms with van der Waals surface area (Å²) in [5.74, 6) is -0.813. The van der Waals surface area contributed by atoms with Gasteiger partial charge in [-0.25, -0.2) is 0 Å². The molecule has 0 heterocycles. The molecule has 0 aliphatic rings. The van der Waals surface area contributed by atoms with Crippen LogP contribution in [0.25, 0.3) is 0 Å². The zero-order valence-electron chi connectivity index (χ0n) is 40.4. The van der Waals surface area contributed by atoms with E-state index in [1.54, 1.807) is 0 Å². The Morgan fingerprint density at radius 1 is 0.450 bits per heavy atom. The molecule has 0 fully saturated rings. The summed E-state index contributed by atoms with van der Waals surface area (Å²) < 4.78 is 34.1. The third-order valence-electron chi connectivity index (χ3n) is 11.6. The summed E-state index contributed by atoms with van der Waals surface area (Å²) in [7, 11) is 1.19. The van der Waals surface area contributed by atoms with Gasteiger partial charge >= 0.3 is 11.9 Å². The van der Waals surface area contributed by atoms with Crippen LogP contribution in [-0.4, -0.2) is 70.0 Å². The quantitative estimate of drug-likeness (QED) is 0.0257. The molecule has 2 unspecified atom stereocenters. The fraction of sp³-hybridized carbons (Fsp3) is 0.960. The van der Waals surface area contributed by atoms with Gasteiger partial charge in [-0.05, 0) is 12.8 Å². The van der Waals surface area contributed by atoms with Crippen molar-refractivity contribution in [3.05, 3.63) is 0 Å². The molecule has 0 aromatic carbocycles. The van der Waals surface area contributed by atoms with Crippen LogP contribution in [0.5, 0.6) is 0 Å². The summed E-state index contributed by atoms with van der Waals surface area (Å²) in [6.45, 7) is 4.29. The van der Waals surface area contributed by atoms with Crippen LogP contribution in [0.3, 0.4) is 0 Å². The number of likely N-dealkylation sites (N-methyl/N-ethyl adjacent to an activating group) is 1. The molecule has 0 saturated heterocycles. The second-order valence-corrected chi connectivity index (χ2v) is 20.3. The van der Waals surface area contributed by atoms with Crippen molar-refractivity contribution in [2.75, 3.05) is 47.5 Å². The standard InChI is InChI=1S/C50H100NO8P/c1-6-8-10-12-14-16-18-20-22-24-25-26-27-29-30-32-34-36-38-40-42-49(52)56-46-48(47-58-60(54,55)57-45-44-51(3,4)5)59-50(53)43-41-39-37-35-33-31-28-23-21-19-17-15-13-11-9-7-2/h48H,6-47H2,1-5H3. The summed E-state index contributed by atoms with van der Waals surface area (Å²) in [5, 5.41) is 0. The van der Waals surface area contributed by atoms with Gasteiger partial charge < -0.3 is 27.9 Å². The lowest BCUT2D eigenvalue weighted by Gasteiger charge is -2.28. The molecule has 0 saturated carbocycles. The predicted molar refractivity (Wildman–Crippen MR) is 250 cm³/mol.